The van der Waals surface area contributed by atoms with Gasteiger partial charge in [0.25, 0.3) is 5.91 Å². The van der Waals surface area contributed by atoms with E-state index >= 15 is 0 Å². The van der Waals surface area contributed by atoms with Gasteiger partial charge in [-0.25, -0.2) is 4.79 Å². The smallest absolute Gasteiger partial charge is 0.356 e. The summed E-state index contributed by atoms with van der Waals surface area (Å²) in [6, 6.07) is 3.47. The minimum atomic E-state index is -0.552. The molecule has 28 heavy (non-hydrogen) atoms. The summed E-state index contributed by atoms with van der Waals surface area (Å²) in [7, 11) is 4.38. The second kappa shape index (κ2) is 8.52. The minimum Gasteiger partial charge on any atom is -0.493 e. The molecule has 1 aromatic carbocycles. The first-order valence-electron chi connectivity index (χ1n) is 9.46. The van der Waals surface area contributed by atoms with Gasteiger partial charge in [-0.05, 0) is 24.8 Å². The number of anilines is 1. The Hall–Kier alpha value is -2.74. The van der Waals surface area contributed by atoms with E-state index in [9.17, 15) is 9.59 Å². The van der Waals surface area contributed by atoms with Crippen LogP contribution in [0.4, 0.5) is 5.69 Å². The molecule has 0 aliphatic carbocycles. The van der Waals surface area contributed by atoms with Crippen LogP contribution >= 0.6 is 0 Å². The van der Waals surface area contributed by atoms with Gasteiger partial charge in [-0.1, -0.05) is 6.92 Å². The van der Waals surface area contributed by atoms with Gasteiger partial charge in [-0.2, -0.15) is 0 Å². The first-order chi connectivity index (χ1) is 13.5. The molecule has 1 aliphatic heterocycles. The Morgan fingerprint density at radius 3 is 2.39 bits per heavy atom. The zero-order valence-electron chi connectivity index (χ0n) is 16.8. The number of piperidine rings is 1. The van der Waals surface area contributed by atoms with Crippen molar-refractivity contribution < 1.29 is 28.7 Å². The topological polar surface area (TPSA) is 94.1 Å². The number of H-pyrrole nitrogens is 1. The molecule has 8 nitrogen and oxygen atoms in total. The highest BCUT2D eigenvalue weighted by Crippen LogP contribution is 2.37. The molecule has 3 rings (SSSR count). The molecule has 1 aromatic heterocycles. The molecule has 0 bridgehead atoms. The van der Waals surface area contributed by atoms with Crippen molar-refractivity contribution >= 4 is 28.5 Å². The molecule has 0 saturated carbocycles. The second-order valence-corrected chi connectivity index (χ2v) is 7.28. The van der Waals surface area contributed by atoms with Crippen LogP contribution in [0.2, 0.25) is 0 Å². The molecule has 0 atom stereocenters. The average Bonchev–Trinajstić information content (AvgIpc) is 3.05. The molecular weight excluding hydrogens is 362 g/mol. The Kier molecular flexibility index (Phi) is 6.08. The number of esters is 1. The van der Waals surface area contributed by atoms with Gasteiger partial charge in [0.1, 0.15) is 5.69 Å². The van der Waals surface area contributed by atoms with Crippen molar-refractivity contribution in [3.63, 3.8) is 0 Å². The van der Waals surface area contributed by atoms with Crippen LogP contribution in [0.25, 0.3) is 10.9 Å². The fourth-order valence-electron chi connectivity index (χ4n) is 3.66. The normalized spacial score (nSPS) is 19.3. The molecule has 152 valence electrons. The van der Waals surface area contributed by atoms with E-state index in [4.69, 9.17) is 14.2 Å². The summed E-state index contributed by atoms with van der Waals surface area (Å²) in [6.45, 7) is 4.58. The van der Waals surface area contributed by atoms with Crippen LogP contribution in [0.1, 0.15) is 30.3 Å². The lowest BCUT2D eigenvalue weighted by Crippen LogP contribution is -3.14. The van der Waals surface area contributed by atoms with Crippen LogP contribution in [0.5, 0.6) is 11.5 Å². The lowest BCUT2D eigenvalue weighted by Gasteiger charge is -2.26. The predicted molar refractivity (Wildman–Crippen MR) is 105 cm³/mol. The van der Waals surface area contributed by atoms with Gasteiger partial charge in [-0.15, -0.1) is 0 Å². The van der Waals surface area contributed by atoms with Crippen LogP contribution < -0.4 is 19.7 Å². The van der Waals surface area contributed by atoms with Crippen LogP contribution in [0.3, 0.4) is 0 Å². The van der Waals surface area contributed by atoms with Gasteiger partial charge in [0.05, 0.1) is 45.6 Å². The summed E-state index contributed by atoms with van der Waals surface area (Å²) in [5, 5.41) is 3.57. The monoisotopic (exact) mass is 390 g/mol. The number of quaternary nitrogens is 1. The Morgan fingerprint density at radius 1 is 1.14 bits per heavy atom. The third kappa shape index (κ3) is 4.06. The van der Waals surface area contributed by atoms with E-state index in [1.54, 1.807) is 19.2 Å². The van der Waals surface area contributed by atoms with E-state index in [0.717, 1.165) is 25.9 Å². The maximum absolute atomic E-state index is 12.7. The summed E-state index contributed by atoms with van der Waals surface area (Å²) >= 11 is 0. The Bertz CT molecular complexity index is 868. The van der Waals surface area contributed by atoms with Crippen molar-refractivity contribution in [2.75, 3.05) is 46.3 Å². The van der Waals surface area contributed by atoms with Crippen molar-refractivity contribution in [1.29, 1.82) is 0 Å². The largest absolute Gasteiger partial charge is 0.493 e. The second-order valence-electron chi connectivity index (χ2n) is 7.28. The number of nitrogens with one attached hydrogen (secondary N) is 3. The fourth-order valence-corrected chi connectivity index (χ4v) is 3.66. The molecule has 1 aliphatic rings. The Balaban J connectivity index is 1.91. The number of aromatic amines is 1. The van der Waals surface area contributed by atoms with Gasteiger partial charge in [0, 0.05) is 11.5 Å². The van der Waals surface area contributed by atoms with Crippen LogP contribution in [0.15, 0.2) is 12.1 Å². The summed E-state index contributed by atoms with van der Waals surface area (Å²) in [5.41, 5.74) is 1.24. The molecule has 8 heteroatoms. The number of carbonyl (C=O) groups excluding carboxylic acids is 2. The molecule has 0 unspecified atom stereocenters. The van der Waals surface area contributed by atoms with Crippen molar-refractivity contribution in [1.82, 2.24) is 4.98 Å². The molecule has 2 heterocycles. The number of benzene rings is 1. The van der Waals surface area contributed by atoms with Crippen molar-refractivity contribution in [3.8, 4) is 11.5 Å². The van der Waals surface area contributed by atoms with Crippen LogP contribution in [-0.2, 0) is 9.53 Å². The van der Waals surface area contributed by atoms with Crippen LogP contribution in [0, 0.1) is 5.92 Å². The lowest BCUT2D eigenvalue weighted by molar-refractivity contribution is -0.897. The summed E-state index contributed by atoms with van der Waals surface area (Å²) in [6.07, 6.45) is 2.25. The van der Waals surface area contributed by atoms with E-state index in [1.807, 2.05) is 0 Å². The van der Waals surface area contributed by atoms with Gasteiger partial charge >= 0.3 is 5.97 Å². The first kappa shape index (κ1) is 20.0. The highest BCUT2D eigenvalue weighted by molar-refractivity contribution is 6.11. The third-order valence-corrected chi connectivity index (χ3v) is 5.35. The zero-order valence-corrected chi connectivity index (χ0v) is 16.8. The maximum Gasteiger partial charge on any atom is 0.356 e. The standard InChI is InChI=1S/C20H27N3O5/c1-12-5-7-23(8-6-12)11-17(24)22-18-13-9-15(26-2)16(27-3)10-14(13)21-19(18)20(25)28-4/h9-10,12,21H,5-8,11H2,1-4H3,(H,22,24)/p+1. The highest BCUT2D eigenvalue weighted by atomic mass is 16.5. The van der Waals surface area contributed by atoms with Crippen molar-refractivity contribution in [2.45, 2.75) is 19.8 Å². The summed E-state index contributed by atoms with van der Waals surface area (Å²) in [4.78, 5) is 29.2. The van der Waals surface area contributed by atoms with E-state index in [2.05, 4.69) is 17.2 Å². The minimum absolute atomic E-state index is 0.134. The number of likely N-dealkylation sites (tertiary alicyclic amines) is 1. The molecule has 0 radical (unpaired) electrons. The quantitative estimate of drug-likeness (QED) is 0.645. The van der Waals surface area contributed by atoms with Gasteiger partial charge in [0.2, 0.25) is 0 Å². The van der Waals surface area contributed by atoms with Gasteiger partial charge in [0.15, 0.2) is 18.0 Å². The molecule has 0 spiro atoms. The molecule has 1 saturated heterocycles. The molecule has 1 fully saturated rings. The molecular formula is C20H28N3O5+. The molecule has 1 amide bonds. The number of fused-ring (bicyclic) bond motifs is 1. The van der Waals surface area contributed by atoms with E-state index in [-0.39, 0.29) is 11.6 Å². The third-order valence-electron chi connectivity index (χ3n) is 5.35. The lowest BCUT2D eigenvalue weighted by atomic mass is 9.99. The SMILES string of the molecule is COC(=O)c1[nH]c2cc(OC)c(OC)cc2c1NC(=O)C[NH+]1CCC(C)CC1. The number of hydrogen-bond acceptors (Lipinski definition) is 5. The number of amides is 1. The maximum atomic E-state index is 12.7. The number of carbonyl (C=O) groups is 2. The number of methoxy groups -OCH3 is 3. The summed E-state index contributed by atoms with van der Waals surface area (Å²) in [5.74, 6) is 1.07. The predicted octanol–water partition coefficient (Wildman–Crippen LogP) is 1.23. The van der Waals surface area contributed by atoms with E-state index < -0.39 is 5.97 Å². The zero-order chi connectivity index (χ0) is 20.3. The summed E-state index contributed by atoms with van der Waals surface area (Å²) < 4.78 is 15.6. The Morgan fingerprint density at radius 2 is 1.79 bits per heavy atom. The van der Waals surface area contributed by atoms with Gasteiger partial charge in [-0.3, -0.25) is 4.79 Å². The highest BCUT2D eigenvalue weighted by Gasteiger charge is 2.25. The fraction of sp³-hybridized carbons (Fsp3) is 0.500. The van der Waals surface area contributed by atoms with Crippen molar-refractivity contribution in [2.24, 2.45) is 5.92 Å². The first-order valence-corrected chi connectivity index (χ1v) is 9.46. The number of aromatic nitrogens is 1. The Labute approximate surface area is 164 Å². The van der Waals surface area contributed by atoms with E-state index in [0.29, 0.717) is 40.6 Å². The van der Waals surface area contributed by atoms with E-state index in [1.165, 1.54) is 19.1 Å². The van der Waals surface area contributed by atoms with Crippen molar-refractivity contribution in [3.05, 3.63) is 17.8 Å². The number of hydrogen-bond donors (Lipinski definition) is 3. The number of ether oxygens (including phenoxy) is 3. The van der Waals surface area contributed by atoms with Gasteiger partial charge < -0.3 is 29.4 Å². The molecule has 3 N–H and O–H groups in total. The average molecular weight is 390 g/mol. The van der Waals surface area contributed by atoms with Crippen LogP contribution in [-0.4, -0.2) is 57.8 Å². The number of rotatable bonds is 6. The molecule has 2 aromatic rings.